The molecule has 5 heterocycles. The van der Waals surface area contributed by atoms with Gasteiger partial charge in [-0.25, -0.2) is 19.1 Å². The summed E-state index contributed by atoms with van der Waals surface area (Å²) in [6, 6.07) is 8.68. The Labute approximate surface area is 207 Å². The Kier molecular flexibility index (Phi) is 6.87. The number of nitrogens with two attached hydrogens (primary N) is 1. The lowest BCUT2D eigenvalue weighted by Crippen LogP contribution is -2.51. The molecule has 4 aromatic heterocycles. The van der Waals surface area contributed by atoms with Gasteiger partial charge < -0.3 is 10.6 Å². The maximum atomic E-state index is 13.5. The van der Waals surface area contributed by atoms with Gasteiger partial charge in [0.05, 0.1) is 17.3 Å². The minimum absolute atomic E-state index is 0. The van der Waals surface area contributed by atoms with Gasteiger partial charge >= 0.3 is 0 Å². The van der Waals surface area contributed by atoms with Crippen LogP contribution in [0.2, 0.25) is 5.02 Å². The van der Waals surface area contributed by atoms with Crippen LogP contribution in [0.25, 0.3) is 11.3 Å². The van der Waals surface area contributed by atoms with Crippen molar-refractivity contribution < 1.29 is 0 Å². The molecule has 0 amide bonds. The number of hydrogen-bond acceptors (Lipinski definition) is 8. The highest BCUT2D eigenvalue weighted by molar-refractivity contribution is 7.59. The summed E-state index contributed by atoms with van der Waals surface area (Å²) in [5, 5.41) is 14.5. The normalized spacial score (nSPS) is 16.9. The molecule has 0 aliphatic carbocycles. The zero-order chi connectivity index (χ0) is 21.7. The Balaban J connectivity index is 0.00000153. The molecule has 5 rings (SSSR count). The van der Waals surface area contributed by atoms with Crippen LogP contribution in [0.1, 0.15) is 24.4 Å². The van der Waals surface area contributed by atoms with Gasteiger partial charge in [0.1, 0.15) is 23.0 Å². The van der Waals surface area contributed by atoms with Crippen LogP contribution < -0.4 is 16.2 Å². The van der Waals surface area contributed by atoms with E-state index in [-0.39, 0.29) is 56.0 Å². The topological polar surface area (TPSA) is 131 Å². The number of nitrogen functional groups attached to an aromatic ring is 1. The minimum atomic E-state index is -0.346. The van der Waals surface area contributed by atoms with Crippen molar-refractivity contribution in [3.8, 4) is 11.9 Å². The molecule has 1 aliphatic rings. The van der Waals surface area contributed by atoms with E-state index < -0.39 is 0 Å². The molecule has 2 N–H and O–H groups in total. The van der Waals surface area contributed by atoms with E-state index in [1.54, 1.807) is 36.7 Å². The summed E-state index contributed by atoms with van der Waals surface area (Å²) in [4.78, 5) is 27.9. The van der Waals surface area contributed by atoms with E-state index in [0.717, 1.165) is 0 Å². The van der Waals surface area contributed by atoms with Gasteiger partial charge in [-0.05, 0) is 18.2 Å². The predicted molar refractivity (Wildman–Crippen MR) is 135 cm³/mol. The second-order valence-corrected chi connectivity index (χ2v) is 7.70. The van der Waals surface area contributed by atoms with Crippen molar-refractivity contribution in [1.82, 2.24) is 29.1 Å². The first-order chi connectivity index (χ1) is 15.0. The second-order valence-electron chi connectivity index (χ2n) is 7.30. The molecule has 0 aromatic carbocycles. The van der Waals surface area contributed by atoms with Crippen LogP contribution in [0.3, 0.4) is 0 Å². The van der Waals surface area contributed by atoms with Crippen LogP contribution in [-0.2, 0) is 0 Å². The van der Waals surface area contributed by atoms with Crippen LogP contribution >= 0.6 is 38.6 Å². The lowest BCUT2D eigenvalue weighted by Gasteiger charge is -2.47. The molecule has 13 heteroatoms. The van der Waals surface area contributed by atoms with E-state index in [2.05, 4.69) is 21.0 Å². The Morgan fingerprint density at radius 3 is 2.70 bits per heavy atom. The quantitative estimate of drug-likeness (QED) is 0.452. The van der Waals surface area contributed by atoms with Crippen LogP contribution in [0.4, 0.5) is 11.8 Å². The molecule has 0 saturated carbocycles. The summed E-state index contributed by atoms with van der Waals surface area (Å²) in [6.45, 7) is 2.65. The molecule has 1 fully saturated rings. The Bertz CT molecular complexity index is 1420. The lowest BCUT2D eigenvalue weighted by atomic mass is 9.89. The molecular weight excluding hydrogens is 482 g/mol. The number of pyridine rings is 1. The highest BCUT2D eigenvalue weighted by Gasteiger charge is 2.43. The summed E-state index contributed by atoms with van der Waals surface area (Å²) in [7, 11) is 0. The third-order valence-electron chi connectivity index (χ3n) is 5.34. The van der Waals surface area contributed by atoms with Crippen LogP contribution in [0, 0.1) is 17.2 Å². The van der Waals surface area contributed by atoms with Crippen molar-refractivity contribution in [2.45, 2.75) is 13.0 Å². The summed E-state index contributed by atoms with van der Waals surface area (Å²) >= 11 is 6.26. The molecule has 33 heavy (non-hydrogen) atoms. The van der Waals surface area contributed by atoms with Gasteiger partial charge in [0.2, 0.25) is 5.95 Å². The highest BCUT2D eigenvalue weighted by atomic mass is 35.5. The summed E-state index contributed by atoms with van der Waals surface area (Å²) in [6.07, 6.45) is 4.64. The van der Waals surface area contributed by atoms with Gasteiger partial charge in [0.15, 0.2) is 11.6 Å². The zero-order valence-electron chi connectivity index (χ0n) is 17.3. The molecule has 0 bridgehead atoms. The van der Waals surface area contributed by atoms with Crippen LogP contribution in [0.15, 0.2) is 47.7 Å². The first kappa shape index (κ1) is 24.4. The van der Waals surface area contributed by atoms with E-state index in [1.165, 1.54) is 15.3 Å². The van der Waals surface area contributed by atoms with Crippen molar-refractivity contribution in [2.75, 3.05) is 17.2 Å². The summed E-state index contributed by atoms with van der Waals surface area (Å²) in [5.41, 5.74) is 6.01. The fraction of sp³-hybridized carbons (Fsp3) is 0.200. The minimum Gasteiger partial charge on any atom is -0.368 e. The Hall–Kier alpha value is -3.27. The maximum absolute atomic E-state index is 13.5. The molecule has 10 nitrogen and oxygen atoms in total. The number of aromatic nitrogens is 6. The predicted octanol–water partition coefficient (Wildman–Crippen LogP) is 2.20. The zero-order valence-corrected chi connectivity index (χ0v) is 20.1. The molecule has 170 valence electrons. The molecule has 0 unspecified atom stereocenters. The summed E-state index contributed by atoms with van der Waals surface area (Å²) < 4.78 is 2.94. The number of hydrogen-bond donors (Lipinski definition) is 1. The largest absolute Gasteiger partial charge is 0.368 e. The third kappa shape index (κ3) is 3.88. The van der Waals surface area contributed by atoms with Crippen molar-refractivity contribution in [3.63, 3.8) is 0 Å². The van der Waals surface area contributed by atoms with E-state index in [9.17, 15) is 10.1 Å². The number of nitrogens with zero attached hydrogens (tertiary/aromatic N) is 8. The van der Waals surface area contributed by atoms with Gasteiger partial charge in [-0.15, -0.1) is 0 Å². The van der Waals surface area contributed by atoms with Gasteiger partial charge in [-0.1, -0.05) is 24.6 Å². The third-order valence-corrected chi connectivity index (χ3v) is 5.65. The van der Waals surface area contributed by atoms with E-state index in [0.29, 0.717) is 34.6 Å². The van der Waals surface area contributed by atoms with Crippen molar-refractivity contribution in [2.24, 2.45) is 5.92 Å². The standard InChI is InChI=1S/C20H16ClN9O.2H2S/c1-11-10-28(17-12(8-22)9-25-20(23)26-17)15(11)18-27-29-7-5-13(21)16(29)19(31)30(18)14-4-2-3-6-24-14;;/h2-7,9,11,15H,10H2,1H3,(H2,23,25,26);2*1H2/t11-,15-;;/m0../s1. The van der Waals surface area contributed by atoms with Gasteiger partial charge in [0, 0.05) is 24.9 Å². The molecule has 2 atom stereocenters. The monoisotopic (exact) mass is 501 g/mol. The molecular formula is C20H20ClN9OS2. The van der Waals surface area contributed by atoms with E-state index >= 15 is 0 Å². The molecule has 1 saturated heterocycles. The van der Waals surface area contributed by atoms with Crippen molar-refractivity contribution in [1.29, 1.82) is 5.26 Å². The number of nitriles is 1. The molecule has 4 aromatic rings. The van der Waals surface area contributed by atoms with Crippen LogP contribution in [-0.4, -0.2) is 35.7 Å². The highest BCUT2D eigenvalue weighted by Crippen LogP contribution is 2.41. The second kappa shape index (κ2) is 9.30. The first-order valence-electron chi connectivity index (χ1n) is 9.50. The fourth-order valence-corrected chi connectivity index (χ4v) is 4.16. The maximum Gasteiger partial charge on any atom is 0.285 e. The fourth-order valence-electron chi connectivity index (χ4n) is 3.94. The molecule has 1 aliphatic heterocycles. The number of halogens is 1. The Morgan fingerprint density at radius 2 is 2.03 bits per heavy atom. The Morgan fingerprint density at radius 1 is 1.24 bits per heavy atom. The van der Waals surface area contributed by atoms with Gasteiger partial charge in [-0.2, -0.15) is 42.3 Å². The van der Waals surface area contributed by atoms with Crippen molar-refractivity contribution in [3.05, 3.63) is 69.6 Å². The SMILES string of the molecule is C[C@H]1CN(c2nc(N)ncc2C#N)[C@@H]1c1nn2ccc(Cl)c2c(=O)n1-c1ccccn1.S.S. The lowest BCUT2D eigenvalue weighted by molar-refractivity contribution is 0.300. The van der Waals surface area contributed by atoms with Crippen molar-refractivity contribution >= 4 is 55.9 Å². The van der Waals surface area contributed by atoms with E-state index in [1.807, 2.05) is 11.8 Å². The average Bonchev–Trinajstić information content (AvgIpc) is 3.13. The molecule has 0 radical (unpaired) electrons. The summed E-state index contributed by atoms with van der Waals surface area (Å²) in [5.74, 6) is 1.48. The van der Waals surface area contributed by atoms with Gasteiger partial charge in [0.25, 0.3) is 5.56 Å². The van der Waals surface area contributed by atoms with Crippen LogP contribution in [0.5, 0.6) is 0 Å². The number of anilines is 2. The van der Waals surface area contributed by atoms with E-state index in [4.69, 9.17) is 22.4 Å². The first-order valence-corrected chi connectivity index (χ1v) is 9.88. The average molecular weight is 502 g/mol. The molecule has 0 spiro atoms. The number of rotatable bonds is 3. The smallest absolute Gasteiger partial charge is 0.285 e. The number of fused-ring (bicyclic) bond motifs is 1. The van der Waals surface area contributed by atoms with Gasteiger partial charge in [-0.3, -0.25) is 4.79 Å².